The second-order valence-electron chi connectivity index (χ2n) is 9.46. The number of nitrogens with zero attached hydrogens (tertiary/aromatic N) is 4. The fraction of sp³-hybridized carbons (Fsp3) is 0.435. The molecule has 13 heteroatoms. The highest BCUT2D eigenvalue weighted by Crippen LogP contribution is 2.57. The molecule has 0 atom stereocenters. The Morgan fingerprint density at radius 1 is 1.03 bits per heavy atom. The lowest BCUT2D eigenvalue weighted by molar-refractivity contribution is -0.141. The van der Waals surface area contributed by atoms with E-state index < -0.39 is 35.2 Å². The smallest absolute Gasteiger partial charge is 0.434 e. The molecule has 1 aromatic carbocycles. The molecule has 3 aromatic rings. The third-order valence-corrected chi connectivity index (χ3v) is 7.37. The van der Waals surface area contributed by atoms with E-state index in [1.54, 1.807) is 0 Å². The molecule has 3 aliphatic rings. The monoisotopic (exact) mass is 509 g/mol. The molecule has 3 fully saturated rings. The van der Waals surface area contributed by atoms with Gasteiger partial charge < -0.3 is 14.9 Å². The summed E-state index contributed by atoms with van der Waals surface area (Å²) in [6.07, 6.45) is 1.33. The van der Waals surface area contributed by atoms with Gasteiger partial charge in [0, 0.05) is 17.5 Å². The first-order chi connectivity index (χ1) is 17.0. The second kappa shape index (κ2) is 8.49. The quantitative estimate of drug-likeness (QED) is 0.485. The van der Waals surface area contributed by atoms with Crippen LogP contribution in [0.4, 0.5) is 22.0 Å². The molecule has 0 radical (unpaired) electrons. The van der Waals surface area contributed by atoms with Crippen LogP contribution in [0.25, 0.3) is 11.6 Å². The molecule has 3 saturated carbocycles. The van der Waals surface area contributed by atoms with E-state index in [2.05, 4.69) is 25.4 Å². The molecular weight excluding hydrogens is 489 g/mol. The van der Waals surface area contributed by atoms with Crippen LogP contribution in [0.3, 0.4) is 0 Å². The van der Waals surface area contributed by atoms with Gasteiger partial charge in [-0.25, -0.2) is 18.7 Å². The Bertz CT molecular complexity index is 1260. The fourth-order valence-corrected chi connectivity index (χ4v) is 5.06. The highest BCUT2D eigenvalue weighted by atomic mass is 19.4. The number of aromatic nitrogens is 4. The molecule has 2 bridgehead atoms. The molecule has 3 aliphatic carbocycles. The van der Waals surface area contributed by atoms with Gasteiger partial charge in [-0.1, -0.05) is 5.16 Å². The van der Waals surface area contributed by atoms with Crippen molar-refractivity contribution in [3.63, 3.8) is 0 Å². The minimum Gasteiger partial charge on any atom is -0.503 e. The number of halogens is 5. The molecule has 2 heterocycles. The number of rotatable bonds is 5. The number of aromatic hydroxyl groups is 1. The van der Waals surface area contributed by atoms with Crippen molar-refractivity contribution in [2.75, 3.05) is 6.54 Å². The Morgan fingerprint density at radius 2 is 1.67 bits per heavy atom. The first kappa shape index (κ1) is 24.1. The van der Waals surface area contributed by atoms with Gasteiger partial charge in [-0.15, -0.1) is 0 Å². The van der Waals surface area contributed by atoms with Gasteiger partial charge >= 0.3 is 6.18 Å². The van der Waals surface area contributed by atoms with Crippen molar-refractivity contribution in [3.8, 4) is 17.3 Å². The number of amides is 1. The zero-order valence-electron chi connectivity index (χ0n) is 18.7. The summed E-state index contributed by atoms with van der Waals surface area (Å²) in [6, 6.07) is 1.57. The van der Waals surface area contributed by atoms with E-state index in [1.807, 2.05) is 0 Å². The van der Waals surface area contributed by atoms with E-state index >= 15 is 0 Å². The maximum atomic E-state index is 13.6. The Labute approximate surface area is 201 Å². The highest BCUT2D eigenvalue weighted by Gasteiger charge is 2.51. The number of benzene rings is 1. The fourth-order valence-electron chi connectivity index (χ4n) is 5.06. The van der Waals surface area contributed by atoms with E-state index in [4.69, 9.17) is 4.52 Å². The maximum absolute atomic E-state index is 13.6. The molecular formula is C23H20F5N5O3. The van der Waals surface area contributed by atoms with Gasteiger partial charge in [0.25, 0.3) is 11.8 Å². The molecule has 0 aliphatic heterocycles. The van der Waals surface area contributed by atoms with E-state index in [0.29, 0.717) is 37.8 Å². The summed E-state index contributed by atoms with van der Waals surface area (Å²) in [7, 11) is 0. The van der Waals surface area contributed by atoms with Crippen molar-refractivity contribution in [1.29, 1.82) is 0 Å². The molecule has 2 N–H and O–H groups in total. The van der Waals surface area contributed by atoms with Gasteiger partial charge in [-0.05, 0) is 56.1 Å². The summed E-state index contributed by atoms with van der Waals surface area (Å²) in [5, 5.41) is 16.0. The second-order valence-corrected chi connectivity index (χ2v) is 9.46. The predicted octanol–water partition coefficient (Wildman–Crippen LogP) is 4.55. The summed E-state index contributed by atoms with van der Waals surface area (Å²) in [5.74, 6) is -3.73. The summed E-state index contributed by atoms with van der Waals surface area (Å²) in [4.78, 5) is 24.0. The number of hydrogen-bond acceptors (Lipinski definition) is 7. The summed E-state index contributed by atoms with van der Waals surface area (Å²) in [5.41, 5.74) is -1.82. The number of carbonyl (C=O) groups is 1. The van der Waals surface area contributed by atoms with Crippen molar-refractivity contribution < 1.29 is 36.4 Å². The molecule has 1 amide bonds. The van der Waals surface area contributed by atoms with Crippen molar-refractivity contribution in [2.24, 2.45) is 5.41 Å². The van der Waals surface area contributed by atoms with Crippen molar-refractivity contribution in [1.82, 2.24) is 25.4 Å². The topological polar surface area (TPSA) is 114 Å². The Kier molecular flexibility index (Phi) is 5.67. The number of alkyl halides is 3. The first-order valence-corrected chi connectivity index (χ1v) is 11.2. The van der Waals surface area contributed by atoms with Gasteiger partial charge in [0.1, 0.15) is 5.69 Å². The van der Waals surface area contributed by atoms with Crippen LogP contribution in [0.2, 0.25) is 0 Å². The maximum Gasteiger partial charge on any atom is 0.434 e. The van der Waals surface area contributed by atoms with E-state index in [1.165, 1.54) is 0 Å². The van der Waals surface area contributed by atoms with Gasteiger partial charge in [-0.2, -0.15) is 18.2 Å². The van der Waals surface area contributed by atoms with E-state index in [9.17, 15) is 31.9 Å². The zero-order valence-corrected chi connectivity index (χ0v) is 18.7. The van der Waals surface area contributed by atoms with Crippen LogP contribution < -0.4 is 5.32 Å². The minimum absolute atomic E-state index is 0.0105. The molecule has 6 rings (SSSR count). The van der Waals surface area contributed by atoms with E-state index in [0.717, 1.165) is 37.6 Å². The van der Waals surface area contributed by atoms with Crippen LogP contribution in [0.15, 0.2) is 29.0 Å². The lowest BCUT2D eigenvalue weighted by atomic mass is 9.53. The Balaban J connectivity index is 1.23. The summed E-state index contributed by atoms with van der Waals surface area (Å²) in [6.45, 7) is 0.324. The number of phenolic OH excluding ortho intramolecular Hbond substituents is 1. The molecule has 190 valence electrons. The number of hydrogen-bond donors (Lipinski definition) is 2. The summed E-state index contributed by atoms with van der Waals surface area (Å²) < 4.78 is 70.6. The molecule has 36 heavy (non-hydrogen) atoms. The van der Waals surface area contributed by atoms with Crippen LogP contribution in [0.5, 0.6) is 5.75 Å². The lowest BCUT2D eigenvalue weighted by Crippen LogP contribution is -2.49. The van der Waals surface area contributed by atoms with Gasteiger partial charge in [0.15, 0.2) is 28.9 Å². The SMILES string of the molecule is O=C(NC[C@]12CC[C@](c3noc(-c4cnc(C(F)(F)F)cn4)n3)(CC1)CC2)c1cc(F)c(O)c(F)c1. The zero-order chi connectivity index (χ0) is 25.7. The minimum atomic E-state index is -4.60. The molecule has 8 nitrogen and oxygen atoms in total. The number of nitrogens with one attached hydrogen (secondary N) is 1. The Hall–Kier alpha value is -3.64. The third kappa shape index (κ3) is 4.26. The van der Waals surface area contributed by atoms with Gasteiger partial charge in [-0.3, -0.25) is 4.79 Å². The molecule has 0 saturated heterocycles. The van der Waals surface area contributed by atoms with Crippen LogP contribution >= 0.6 is 0 Å². The van der Waals surface area contributed by atoms with Gasteiger partial charge in [0.05, 0.1) is 12.4 Å². The normalized spacial score (nSPS) is 23.6. The highest BCUT2D eigenvalue weighted by molar-refractivity contribution is 5.94. The van der Waals surface area contributed by atoms with Gasteiger partial charge in [0.2, 0.25) is 0 Å². The summed E-state index contributed by atoms with van der Waals surface area (Å²) >= 11 is 0. The number of carbonyl (C=O) groups excluding carboxylic acids is 1. The van der Waals surface area contributed by atoms with Crippen LogP contribution in [-0.2, 0) is 11.6 Å². The van der Waals surface area contributed by atoms with Crippen molar-refractivity contribution in [3.05, 3.63) is 53.2 Å². The predicted molar refractivity (Wildman–Crippen MR) is 112 cm³/mol. The first-order valence-electron chi connectivity index (χ1n) is 11.2. The number of phenols is 1. The van der Waals surface area contributed by atoms with Crippen molar-refractivity contribution >= 4 is 5.91 Å². The molecule has 0 unspecified atom stereocenters. The van der Waals surface area contributed by atoms with Crippen molar-refractivity contribution in [2.45, 2.75) is 50.1 Å². The van der Waals surface area contributed by atoms with Crippen LogP contribution in [0, 0.1) is 17.0 Å². The third-order valence-electron chi connectivity index (χ3n) is 7.37. The average molecular weight is 509 g/mol. The Morgan fingerprint density at radius 3 is 2.22 bits per heavy atom. The molecule has 0 spiro atoms. The van der Waals surface area contributed by atoms with Crippen LogP contribution in [0.1, 0.15) is 60.4 Å². The lowest BCUT2D eigenvalue weighted by Gasteiger charge is -2.52. The molecule has 2 aromatic heterocycles. The standard InChI is InChI=1S/C23H20F5N5O3/c24-13-7-12(8-14(25)17(13)34)18(35)31-11-21-1-4-22(5-2-21,6-3-21)20-32-19(36-33-20)15-9-30-16(10-29-15)23(26,27)28/h7-10,34H,1-6,11H2,(H,31,35)/t21-,22+. The average Bonchev–Trinajstić information content (AvgIpc) is 3.38. The largest absolute Gasteiger partial charge is 0.503 e. The van der Waals surface area contributed by atoms with E-state index in [-0.39, 0.29) is 28.0 Å². The van der Waals surface area contributed by atoms with Crippen LogP contribution in [-0.4, -0.2) is 37.7 Å². The number of fused-ring (bicyclic) bond motifs is 3.